The normalized spacial score (nSPS) is 17.6. The number of aryl methyl sites for hydroxylation is 3. The van der Waals surface area contributed by atoms with Crippen LogP contribution in [0.25, 0.3) is 0 Å². The van der Waals surface area contributed by atoms with Crippen LogP contribution in [0.2, 0.25) is 0 Å². The molecule has 4 nitrogen and oxygen atoms in total. The summed E-state index contributed by atoms with van der Waals surface area (Å²) in [5, 5.41) is 7.93. The number of hydrogen-bond donors (Lipinski definition) is 1. The van der Waals surface area contributed by atoms with Crippen LogP contribution in [-0.4, -0.2) is 22.9 Å². The molecule has 1 atom stereocenters. The molecule has 118 valence electrons. The summed E-state index contributed by atoms with van der Waals surface area (Å²) in [7, 11) is 1.96. The fourth-order valence-electron chi connectivity index (χ4n) is 3.08. The lowest BCUT2D eigenvalue weighted by atomic mass is 10.00. The molecule has 1 aromatic heterocycles. The molecule has 1 aliphatic heterocycles. The highest BCUT2D eigenvalue weighted by Gasteiger charge is 2.19. The molecule has 1 N–H and O–H groups in total. The van der Waals surface area contributed by atoms with E-state index >= 15 is 0 Å². The second-order valence-corrected chi connectivity index (χ2v) is 6.16. The van der Waals surface area contributed by atoms with Gasteiger partial charge >= 0.3 is 0 Å². The fraction of sp³-hybridized carbons (Fsp3) is 0.500. The molecule has 0 aliphatic carbocycles. The van der Waals surface area contributed by atoms with Crippen LogP contribution in [0.5, 0.6) is 5.75 Å². The highest BCUT2D eigenvalue weighted by molar-refractivity contribution is 5.39. The molecule has 22 heavy (non-hydrogen) atoms. The van der Waals surface area contributed by atoms with Gasteiger partial charge in [-0.3, -0.25) is 4.68 Å². The average Bonchev–Trinajstić information content (AvgIpc) is 2.81. The van der Waals surface area contributed by atoms with Crippen LogP contribution < -0.4 is 10.1 Å². The Bertz CT molecular complexity index is 621. The Morgan fingerprint density at radius 3 is 3.14 bits per heavy atom. The van der Waals surface area contributed by atoms with Crippen molar-refractivity contribution < 1.29 is 4.74 Å². The molecule has 0 saturated heterocycles. The minimum atomic E-state index is 0.409. The molecule has 1 aromatic carbocycles. The van der Waals surface area contributed by atoms with E-state index in [0.717, 1.165) is 44.6 Å². The summed E-state index contributed by atoms with van der Waals surface area (Å²) >= 11 is 0. The molecule has 2 heterocycles. The molecular formula is C18H25N3O. The molecular weight excluding hydrogens is 274 g/mol. The van der Waals surface area contributed by atoms with Crippen LogP contribution in [0.1, 0.15) is 42.0 Å². The van der Waals surface area contributed by atoms with Gasteiger partial charge in [0.2, 0.25) is 0 Å². The number of rotatable bonds is 5. The van der Waals surface area contributed by atoms with Gasteiger partial charge in [-0.2, -0.15) is 5.10 Å². The predicted molar refractivity (Wildman–Crippen MR) is 88.2 cm³/mol. The van der Waals surface area contributed by atoms with Gasteiger partial charge in [0.05, 0.1) is 12.8 Å². The summed E-state index contributed by atoms with van der Waals surface area (Å²) in [6.07, 6.45) is 8.50. The summed E-state index contributed by atoms with van der Waals surface area (Å²) in [6.45, 7) is 3.99. The minimum Gasteiger partial charge on any atom is -0.493 e. The van der Waals surface area contributed by atoms with E-state index < -0.39 is 0 Å². The summed E-state index contributed by atoms with van der Waals surface area (Å²) in [5.74, 6) is 1.05. The van der Waals surface area contributed by atoms with Crippen LogP contribution >= 0.6 is 0 Å². The van der Waals surface area contributed by atoms with Crippen LogP contribution in [0.4, 0.5) is 0 Å². The monoisotopic (exact) mass is 299 g/mol. The molecule has 1 aliphatic rings. The number of hydrogen-bond acceptors (Lipinski definition) is 3. The summed E-state index contributed by atoms with van der Waals surface area (Å²) in [4.78, 5) is 0. The van der Waals surface area contributed by atoms with Gasteiger partial charge in [0, 0.05) is 24.8 Å². The smallest absolute Gasteiger partial charge is 0.124 e. The van der Waals surface area contributed by atoms with Gasteiger partial charge < -0.3 is 10.1 Å². The first-order valence-corrected chi connectivity index (χ1v) is 8.16. The van der Waals surface area contributed by atoms with Crippen LogP contribution in [0.3, 0.4) is 0 Å². The summed E-state index contributed by atoms with van der Waals surface area (Å²) in [6, 6.07) is 6.91. The largest absolute Gasteiger partial charge is 0.493 e. The van der Waals surface area contributed by atoms with E-state index in [1.807, 2.05) is 17.9 Å². The molecule has 4 heteroatoms. The van der Waals surface area contributed by atoms with Gasteiger partial charge in [0.15, 0.2) is 0 Å². The van der Waals surface area contributed by atoms with E-state index in [-0.39, 0.29) is 0 Å². The van der Waals surface area contributed by atoms with Gasteiger partial charge in [-0.15, -0.1) is 0 Å². The quantitative estimate of drug-likeness (QED) is 0.862. The average molecular weight is 299 g/mol. The van der Waals surface area contributed by atoms with Crippen LogP contribution in [0.15, 0.2) is 30.6 Å². The van der Waals surface area contributed by atoms with Gasteiger partial charge in [-0.25, -0.2) is 0 Å². The molecule has 0 radical (unpaired) electrons. The van der Waals surface area contributed by atoms with Crippen molar-refractivity contribution in [2.45, 2.75) is 38.6 Å². The summed E-state index contributed by atoms with van der Waals surface area (Å²) < 4.78 is 7.73. The minimum absolute atomic E-state index is 0.409. The Balaban J connectivity index is 1.57. The molecule has 0 fully saturated rings. The lowest BCUT2D eigenvalue weighted by Gasteiger charge is -2.19. The second kappa shape index (κ2) is 6.97. The van der Waals surface area contributed by atoms with Crippen molar-refractivity contribution in [3.05, 3.63) is 47.3 Å². The Morgan fingerprint density at radius 2 is 2.32 bits per heavy atom. The number of ether oxygens (including phenoxy) is 1. The Labute approximate surface area is 132 Å². The Morgan fingerprint density at radius 1 is 1.41 bits per heavy atom. The molecule has 0 spiro atoms. The van der Waals surface area contributed by atoms with Crippen molar-refractivity contribution in [2.75, 3.05) is 13.2 Å². The van der Waals surface area contributed by atoms with Crippen molar-refractivity contribution in [1.29, 1.82) is 0 Å². The number of benzene rings is 1. The van der Waals surface area contributed by atoms with E-state index in [1.54, 1.807) is 0 Å². The lowest BCUT2D eigenvalue weighted by molar-refractivity contribution is 0.315. The molecule has 0 amide bonds. The number of nitrogens with one attached hydrogen (secondary N) is 1. The van der Waals surface area contributed by atoms with Gasteiger partial charge in [-0.05, 0) is 50.8 Å². The lowest BCUT2D eigenvalue weighted by Crippen LogP contribution is -2.22. The zero-order chi connectivity index (χ0) is 15.4. The number of aromatic nitrogens is 2. The van der Waals surface area contributed by atoms with E-state index in [9.17, 15) is 0 Å². The maximum absolute atomic E-state index is 5.86. The van der Waals surface area contributed by atoms with Crippen molar-refractivity contribution in [3.63, 3.8) is 0 Å². The molecule has 0 saturated carbocycles. The SMILES string of the molecule is Cc1ccc2c(c1)[C@H](NCCCc1cnn(C)c1)CCCO2. The summed E-state index contributed by atoms with van der Waals surface area (Å²) in [5.41, 5.74) is 3.93. The zero-order valence-electron chi connectivity index (χ0n) is 13.5. The number of fused-ring (bicyclic) bond motifs is 1. The third-order valence-electron chi connectivity index (χ3n) is 4.23. The van der Waals surface area contributed by atoms with E-state index in [4.69, 9.17) is 4.74 Å². The van der Waals surface area contributed by atoms with Crippen LogP contribution in [-0.2, 0) is 13.5 Å². The van der Waals surface area contributed by atoms with Crippen molar-refractivity contribution in [3.8, 4) is 5.75 Å². The third-order valence-corrected chi connectivity index (χ3v) is 4.23. The van der Waals surface area contributed by atoms with Crippen molar-refractivity contribution in [2.24, 2.45) is 7.05 Å². The van der Waals surface area contributed by atoms with Crippen molar-refractivity contribution in [1.82, 2.24) is 15.1 Å². The molecule has 3 rings (SSSR count). The van der Waals surface area contributed by atoms with E-state index in [2.05, 4.69) is 41.7 Å². The van der Waals surface area contributed by atoms with Gasteiger partial charge in [-0.1, -0.05) is 17.7 Å². The molecule has 0 bridgehead atoms. The number of nitrogens with zero attached hydrogens (tertiary/aromatic N) is 2. The standard InChI is InChI=1S/C18H25N3O/c1-14-7-8-18-16(11-14)17(6-4-10-22-18)19-9-3-5-15-12-20-21(2)13-15/h7-8,11-13,17,19H,3-6,9-10H2,1-2H3/t17-/m1/s1. The van der Waals surface area contributed by atoms with Crippen molar-refractivity contribution >= 4 is 0 Å². The third kappa shape index (κ3) is 3.69. The highest BCUT2D eigenvalue weighted by atomic mass is 16.5. The van der Waals surface area contributed by atoms with Gasteiger partial charge in [0.25, 0.3) is 0 Å². The molecule has 2 aromatic rings. The maximum Gasteiger partial charge on any atom is 0.124 e. The fourth-order valence-corrected chi connectivity index (χ4v) is 3.08. The topological polar surface area (TPSA) is 39.1 Å². The first-order chi connectivity index (χ1) is 10.7. The first kappa shape index (κ1) is 15.1. The Kier molecular flexibility index (Phi) is 4.78. The van der Waals surface area contributed by atoms with Gasteiger partial charge in [0.1, 0.15) is 5.75 Å². The van der Waals surface area contributed by atoms with E-state index in [0.29, 0.717) is 6.04 Å². The van der Waals surface area contributed by atoms with Crippen LogP contribution in [0, 0.1) is 6.92 Å². The second-order valence-electron chi connectivity index (χ2n) is 6.16. The van der Waals surface area contributed by atoms with E-state index in [1.165, 1.54) is 16.7 Å². The maximum atomic E-state index is 5.86. The predicted octanol–water partition coefficient (Wildman–Crippen LogP) is 3.16. The zero-order valence-corrected chi connectivity index (χ0v) is 13.5. The highest BCUT2D eigenvalue weighted by Crippen LogP contribution is 2.32. The molecule has 0 unspecified atom stereocenters. The Hall–Kier alpha value is -1.81. The first-order valence-electron chi connectivity index (χ1n) is 8.16.